The van der Waals surface area contributed by atoms with Gasteiger partial charge in [-0.2, -0.15) is 0 Å². The van der Waals surface area contributed by atoms with Gasteiger partial charge in [-0.05, 0) is 49.9 Å². The maximum Gasteiger partial charge on any atom is 0.166 e. The number of morpholine rings is 1. The van der Waals surface area contributed by atoms with Gasteiger partial charge in [-0.15, -0.1) is 0 Å². The summed E-state index contributed by atoms with van der Waals surface area (Å²) in [5.41, 5.74) is 2.87. The standard InChI is InChI=1S/C17H23NO3/c1-10-4-12(5-11(2)17(10)20-3)16(19)13-6-14-8-21-9-15(7-13)18-14/h4-5,13-15,18H,6-9H2,1-3H3. The Labute approximate surface area is 125 Å². The first-order chi connectivity index (χ1) is 10.1. The summed E-state index contributed by atoms with van der Waals surface area (Å²) < 4.78 is 10.9. The summed E-state index contributed by atoms with van der Waals surface area (Å²) in [6.45, 7) is 5.43. The number of ether oxygens (including phenoxy) is 2. The molecule has 1 aromatic carbocycles. The van der Waals surface area contributed by atoms with E-state index < -0.39 is 0 Å². The monoisotopic (exact) mass is 289 g/mol. The molecule has 2 fully saturated rings. The molecule has 0 saturated carbocycles. The van der Waals surface area contributed by atoms with Crippen molar-refractivity contribution >= 4 is 5.78 Å². The van der Waals surface area contributed by atoms with E-state index in [1.165, 1.54) is 0 Å². The van der Waals surface area contributed by atoms with Gasteiger partial charge in [0.05, 0.1) is 20.3 Å². The lowest BCUT2D eigenvalue weighted by molar-refractivity contribution is 0.00952. The van der Waals surface area contributed by atoms with Gasteiger partial charge in [0.1, 0.15) is 5.75 Å². The number of piperidine rings is 1. The van der Waals surface area contributed by atoms with E-state index in [4.69, 9.17) is 9.47 Å². The van der Waals surface area contributed by atoms with Crippen molar-refractivity contribution in [3.05, 3.63) is 28.8 Å². The number of carbonyl (C=O) groups excluding carboxylic acids is 1. The van der Waals surface area contributed by atoms with Crippen LogP contribution in [0.25, 0.3) is 0 Å². The van der Waals surface area contributed by atoms with Crippen LogP contribution in [0, 0.1) is 19.8 Å². The summed E-state index contributed by atoms with van der Waals surface area (Å²) in [5, 5.41) is 3.53. The van der Waals surface area contributed by atoms with Gasteiger partial charge < -0.3 is 14.8 Å². The molecule has 2 unspecified atom stereocenters. The van der Waals surface area contributed by atoms with E-state index in [1.807, 2.05) is 26.0 Å². The third-order valence-electron chi connectivity index (χ3n) is 4.57. The minimum Gasteiger partial charge on any atom is -0.496 e. The smallest absolute Gasteiger partial charge is 0.166 e. The molecule has 1 N–H and O–H groups in total. The number of carbonyl (C=O) groups is 1. The lowest BCUT2D eigenvalue weighted by Crippen LogP contribution is -2.55. The topological polar surface area (TPSA) is 47.6 Å². The van der Waals surface area contributed by atoms with Crippen molar-refractivity contribution in [2.75, 3.05) is 20.3 Å². The van der Waals surface area contributed by atoms with E-state index in [1.54, 1.807) is 7.11 Å². The summed E-state index contributed by atoms with van der Waals surface area (Å²) >= 11 is 0. The molecule has 0 aromatic heterocycles. The van der Waals surface area contributed by atoms with Crippen LogP contribution in [0.2, 0.25) is 0 Å². The Balaban J connectivity index is 1.82. The van der Waals surface area contributed by atoms with Crippen molar-refractivity contribution in [2.45, 2.75) is 38.8 Å². The number of nitrogens with one attached hydrogen (secondary N) is 1. The quantitative estimate of drug-likeness (QED) is 0.867. The minimum absolute atomic E-state index is 0.109. The lowest BCUT2D eigenvalue weighted by atomic mass is 9.81. The first kappa shape index (κ1) is 14.5. The van der Waals surface area contributed by atoms with E-state index in [0.717, 1.165) is 48.5 Å². The molecule has 1 aromatic rings. The van der Waals surface area contributed by atoms with Crippen LogP contribution in [0.3, 0.4) is 0 Å². The van der Waals surface area contributed by atoms with E-state index in [-0.39, 0.29) is 11.7 Å². The van der Waals surface area contributed by atoms with Gasteiger partial charge in [0.25, 0.3) is 0 Å². The maximum atomic E-state index is 12.8. The average Bonchev–Trinajstić information content (AvgIpc) is 2.45. The number of hydrogen-bond acceptors (Lipinski definition) is 4. The second-order valence-electron chi connectivity index (χ2n) is 6.27. The van der Waals surface area contributed by atoms with Crippen LogP contribution in [0.1, 0.15) is 34.3 Å². The third kappa shape index (κ3) is 2.83. The Bertz CT molecular complexity index is 520. The Morgan fingerprint density at radius 1 is 1.19 bits per heavy atom. The SMILES string of the molecule is COc1c(C)cc(C(=O)C2CC3COCC(C2)N3)cc1C. The highest BCUT2D eigenvalue weighted by atomic mass is 16.5. The molecule has 2 aliphatic rings. The molecule has 21 heavy (non-hydrogen) atoms. The highest BCUT2D eigenvalue weighted by molar-refractivity contribution is 5.98. The number of aryl methyl sites for hydroxylation is 2. The van der Waals surface area contributed by atoms with Crippen LogP contribution in [-0.2, 0) is 4.74 Å². The number of rotatable bonds is 3. The van der Waals surface area contributed by atoms with Crippen molar-refractivity contribution < 1.29 is 14.3 Å². The Morgan fingerprint density at radius 2 is 1.76 bits per heavy atom. The molecule has 0 radical (unpaired) electrons. The zero-order valence-corrected chi connectivity index (χ0v) is 12.9. The van der Waals surface area contributed by atoms with Crippen molar-refractivity contribution in [2.24, 2.45) is 5.92 Å². The zero-order valence-electron chi connectivity index (χ0n) is 12.9. The number of fused-ring (bicyclic) bond motifs is 2. The van der Waals surface area contributed by atoms with Gasteiger partial charge in [0.2, 0.25) is 0 Å². The van der Waals surface area contributed by atoms with Crippen LogP contribution in [0.5, 0.6) is 5.75 Å². The first-order valence-electron chi connectivity index (χ1n) is 7.61. The maximum absolute atomic E-state index is 12.8. The fourth-order valence-corrected chi connectivity index (χ4v) is 3.70. The summed E-state index contributed by atoms with van der Waals surface area (Å²) in [7, 11) is 1.67. The molecule has 114 valence electrons. The predicted molar refractivity (Wildman–Crippen MR) is 81.1 cm³/mol. The number of hydrogen-bond donors (Lipinski definition) is 1. The number of methoxy groups -OCH3 is 1. The second-order valence-corrected chi connectivity index (χ2v) is 6.27. The number of benzene rings is 1. The zero-order chi connectivity index (χ0) is 15.0. The Morgan fingerprint density at radius 3 is 2.29 bits per heavy atom. The third-order valence-corrected chi connectivity index (χ3v) is 4.57. The summed E-state index contributed by atoms with van der Waals surface area (Å²) in [5.74, 6) is 1.25. The van der Waals surface area contributed by atoms with Crippen LogP contribution in [-0.4, -0.2) is 38.2 Å². The van der Waals surface area contributed by atoms with E-state index in [0.29, 0.717) is 12.1 Å². The van der Waals surface area contributed by atoms with Crippen LogP contribution < -0.4 is 10.1 Å². The Kier molecular flexibility index (Phi) is 4.00. The molecule has 2 aliphatic heterocycles. The van der Waals surface area contributed by atoms with Crippen molar-refractivity contribution in [1.82, 2.24) is 5.32 Å². The molecule has 2 saturated heterocycles. The first-order valence-corrected chi connectivity index (χ1v) is 7.61. The van der Waals surface area contributed by atoms with Gasteiger partial charge in [-0.1, -0.05) is 0 Å². The number of Topliss-reactive ketones (excluding diaryl/α,β-unsaturated/α-hetero) is 1. The summed E-state index contributed by atoms with van der Waals surface area (Å²) in [6.07, 6.45) is 1.75. The fraction of sp³-hybridized carbons (Fsp3) is 0.588. The van der Waals surface area contributed by atoms with E-state index in [2.05, 4.69) is 5.32 Å². The second kappa shape index (κ2) is 5.78. The molecule has 2 heterocycles. The van der Waals surface area contributed by atoms with Crippen LogP contribution in [0.15, 0.2) is 12.1 Å². The summed E-state index contributed by atoms with van der Waals surface area (Å²) in [6, 6.07) is 4.57. The van der Waals surface area contributed by atoms with Gasteiger partial charge in [-0.3, -0.25) is 4.79 Å². The molecule has 0 aliphatic carbocycles. The van der Waals surface area contributed by atoms with E-state index >= 15 is 0 Å². The molecule has 0 spiro atoms. The van der Waals surface area contributed by atoms with Gasteiger partial charge in [0.15, 0.2) is 5.78 Å². The molecule has 2 bridgehead atoms. The van der Waals surface area contributed by atoms with Gasteiger partial charge in [-0.25, -0.2) is 0 Å². The van der Waals surface area contributed by atoms with Crippen LogP contribution in [0.4, 0.5) is 0 Å². The molecule has 2 atom stereocenters. The molecule has 4 heteroatoms. The highest BCUT2D eigenvalue weighted by Crippen LogP contribution is 2.30. The van der Waals surface area contributed by atoms with Crippen molar-refractivity contribution in [1.29, 1.82) is 0 Å². The van der Waals surface area contributed by atoms with Crippen LogP contribution >= 0.6 is 0 Å². The highest BCUT2D eigenvalue weighted by Gasteiger charge is 2.35. The number of ketones is 1. The normalized spacial score (nSPS) is 28.2. The van der Waals surface area contributed by atoms with Crippen molar-refractivity contribution in [3.63, 3.8) is 0 Å². The van der Waals surface area contributed by atoms with Gasteiger partial charge in [0, 0.05) is 23.6 Å². The van der Waals surface area contributed by atoms with E-state index in [9.17, 15) is 4.79 Å². The molecular weight excluding hydrogens is 266 g/mol. The predicted octanol–water partition coefficient (Wildman–Crippen LogP) is 2.26. The Hall–Kier alpha value is -1.39. The van der Waals surface area contributed by atoms with Crippen molar-refractivity contribution in [3.8, 4) is 5.75 Å². The molecule has 4 nitrogen and oxygen atoms in total. The lowest BCUT2D eigenvalue weighted by Gasteiger charge is -2.39. The summed E-state index contributed by atoms with van der Waals surface area (Å²) in [4.78, 5) is 12.8. The van der Waals surface area contributed by atoms with Gasteiger partial charge >= 0.3 is 0 Å². The fourth-order valence-electron chi connectivity index (χ4n) is 3.70. The minimum atomic E-state index is 0.109. The molecular formula is C17H23NO3. The largest absolute Gasteiger partial charge is 0.496 e. The average molecular weight is 289 g/mol. The molecule has 3 rings (SSSR count). The molecule has 0 amide bonds.